The van der Waals surface area contributed by atoms with E-state index in [2.05, 4.69) is 29.2 Å². The van der Waals surface area contributed by atoms with Crippen molar-refractivity contribution in [1.29, 1.82) is 0 Å². The average Bonchev–Trinajstić information content (AvgIpc) is 2.27. The van der Waals surface area contributed by atoms with E-state index in [1.807, 2.05) is 0 Å². The maximum Gasteiger partial charge on any atom is 0.0558 e. The molecule has 1 saturated carbocycles. The maximum atomic E-state index is 9.18. The summed E-state index contributed by atoms with van der Waals surface area (Å²) in [6, 6.07) is 8.86. The summed E-state index contributed by atoms with van der Waals surface area (Å²) in [7, 11) is 0. The summed E-state index contributed by atoms with van der Waals surface area (Å²) in [6.07, 6.45) is 5.00. The monoisotopic (exact) mass is 217 g/mol. The Kier molecular flexibility index (Phi) is 2.49. The van der Waals surface area contributed by atoms with Gasteiger partial charge in [0.1, 0.15) is 0 Å². The van der Waals surface area contributed by atoms with Crippen LogP contribution in [-0.4, -0.2) is 29.7 Å². The van der Waals surface area contributed by atoms with E-state index < -0.39 is 0 Å². The van der Waals surface area contributed by atoms with Crippen LogP contribution in [0.15, 0.2) is 24.3 Å². The molecule has 2 nitrogen and oxygen atoms in total. The molecule has 1 spiro atoms. The summed E-state index contributed by atoms with van der Waals surface area (Å²) in [4.78, 5) is 2.50. The highest BCUT2D eigenvalue weighted by Crippen LogP contribution is 2.49. The van der Waals surface area contributed by atoms with Crippen molar-refractivity contribution in [3.8, 4) is 0 Å². The number of β-amino-alcohol motifs (C(OH)–C–C–N with tert-alkyl or cyclic N) is 1. The molecule has 1 heterocycles. The van der Waals surface area contributed by atoms with Gasteiger partial charge in [-0.2, -0.15) is 0 Å². The molecule has 1 aliphatic carbocycles. The Labute approximate surface area is 96.9 Å². The second kappa shape index (κ2) is 3.86. The highest BCUT2D eigenvalue weighted by molar-refractivity contribution is 5.38. The molecular weight excluding hydrogens is 198 g/mol. The van der Waals surface area contributed by atoms with Gasteiger partial charge in [0.2, 0.25) is 0 Å². The van der Waals surface area contributed by atoms with Crippen molar-refractivity contribution in [2.45, 2.75) is 31.2 Å². The lowest BCUT2D eigenvalue weighted by atomic mass is 9.67. The molecule has 0 radical (unpaired) electrons. The molecule has 16 heavy (non-hydrogen) atoms. The summed E-state index contributed by atoms with van der Waals surface area (Å²) in [5.74, 6) is 0. The smallest absolute Gasteiger partial charge is 0.0558 e. The zero-order valence-corrected chi connectivity index (χ0v) is 9.65. The lowest BCUT2D eigenvalue weighted by Crippen LogP contribution is -2.55. The molecule has 3 rings (SSSR count). The molecule has 2 heteroatoms. The summed E-state index contributed by atoms with van der Waals surface area (Å²) >= 11 is 0. The van der Waals surface area contributed by atoms with Gasteiger partial charge in [0.15, 0.2) is 0 Å². The van der Waals surface area contributed by atoms with Crippen LogP contribution in [0.2, 0.25) is 0 Å². The van der Waals surface area contributed by atoms with Gasteiger partial charge in [-0.25, -0.2) is 0 Å². The molecule has 0 unspecified atom stereocenters. The summed E-state index contributed by atoms with van der Waals surface area (Å²) in [6.45, 7) is 2.22. The SMILES string of the molecule is OCCN1CCc2ccccc2C12CCC2. The van der Waals surface area contributed by atoms with Gasteiger partial charge in [0, 0.05) is 18.6 Å². The van der Waals surface area contributed by atoms with Crippen LogP contribution in [0.25, 0.3) is 0 Å². The highest BCUT2D eigenvalue weighted by atomic mass is 16.3. The fraction of sp³-hybridized carbons (Fsp3) is 0.571. The predicted molar refractivity (Wildman–Crippen MR) is 64.3 cm³/mol. The summed E-state index contributed by atoms with van der Waals surface area (Å²) in [5, 5.41) is 9.18. The molecule has 1 aromatic rings. The Morgan fingerprint density at radius 3 is 2.75 bits per heavy atom. The zero-order valence-electron chi connectivity index (χ0n) is 9.65. The van der Waals surface area contributed by atoms with Crippen molar-refractivity contribution in [2.75, 3.05) is 19.7 Å². The van der Waals surface area contributed by atoms with Gasteiger partial charge in [0.05, 0.1) is 6.61 Å². The van der Waals surface area contributed by atoms with E-state index in [4.69, 9.17) is 0 Å². The number of rotatable bonds is 2. The van der Waals surface area contributed by atoms with Crippen LogP contribution in [0.5, 0.6) is 0 Å². The Balaban J connectivity index is 2.00. The number of hydrogen-bond donors (Lipinski definition) is 1. The molecule has 1 fully saturated rings. The minimum absolute atomic E-state index is 0.275. The van der Waals surface area contributed by atoms with Gasteiger partial charge >= 0.3 is 0 Å². The van der Waals surface area contributed by atoms with E-state index in [1.165, 1.54) is 30.4 Å². The first kappa shape index (κ1) is 10.3. The fourth-order valence-corrected chi connectivity index (χ4v) is 3.38. The van der Waals surface area contributed by atoms with Crippen LogP contribution in [-0.2, 0) is 12.0 Å². The Hall–Kier alpha value is -0.860. The molecule has 86 valence electrons. The average molecular weight is 217 g/mol. The first-order chi connectivity index (χ1) is 7.87. The normalized spacial score (nSPS) is 22.8. The highest BCUT2D eigenvalue weighted by Gasteiger charge is 2.46. The summed E-state index contributed by atoms with van der Waals surface area (Å²) < 4.78 is 0. The number of benzene rings is 1. The standard InChI is InChI=1S/C14H19NO/c16-11-10-15-9-6-12-4-1-2-5-13(12)14(15)7-3-8-14/h1-2,4-5,16H,3,6-11H2. The molecule has 1 aliphatic heterocycles. The van der Waals surface area contributed by atoms with Crippen LogP contribution in [0.3, 0.4) is 0 Å². The van der Waals surface area contributed by atoms with E-state index in [0.29, 0.717) is 0 Å². The van der Waals surface area contributed by atoms with Gasteiger partial charge in [-0.15, -0.1) is 0 Å². The molecule has 2 aliphatic rings. The molecule has 0 atom stereocenters. The van der Waals surface area contributed by atoms with E-state index >= 15 is 0 Å². The first-order valence-electron chi connectivity index (χ1n) is 6.31. The predicted octanol–water partition coefficient (Wildman–Crippen LogP) is 1.92. The van der Waals surface area contributed by atoms with E-state index in [0.717, 1.165) is 19.5 Å². The Morgan fingerprint density at radius 2 is 2.06 bits per heavy atom. The third kappa shape index (κ3) is 1.33. The lowest BCUT2D eigenvalue weighted by molar-refractivity contribution is -0.00810. The number of nitrogens with zero attached hydrogens (tertiary/aromatic N) is 1. The molecule has 1 aromatic carbocycles. The lowest BCUT2D eigenvalue weighted by Gasteiger charge is -2.54. The van der Waals surface area contributed by atoms with Crippen molar-refractivity contribution in [3.05, 3.63) is 35.4 Å². The first-order valence-corrected chi connectivity index (χ1v) is 6.31. The fourth-order valence-electron chi connectivity index (χ4n) is 3.38. The second-order valence-corrected chi connectivity index (χ2v) is 5.00. The summed E-state index contributed by atoms with van der Waals surface area (Å²) in [5.41, 5.74) is 3.33. The minimum atomic E-state index is 0.275. The number of aliphatic hydroxyl groups is 1. The minimum Gasteiger partial charge on any atom is -0.395 e. The van der Waals surface area contributed by atoms with Gasteiger partial charge in [-0.1, -0.05) is 24.3 Å². The quantitative estimate of drug-likeness (QED) is 0.818. The third-order valence-corrected chi connectivity index (χ3v) is 4.33. The van der Waals surface area contributed by atoms with Crippen molar-refractivity contribution in [1.82, 2.24) is 4.90 Å². The molecule has 0 amide bonds. The van der Waals surface area contributed by atoms with Gasteiger partial charge < -0.3 is 5.11 Å². The van der Waals surface area contributed by atoms with Crippen LogP contribution in [0.1, 0.15) is 30.4 Å². The van der Waals surface area contributed by atoms with Crippen LogP contribution < -0.4 is 0 Å². The van der Waals surface area contributed by atoms with Crippen molar-refractivity contribution < 1.29 is 5.11 Å². The van der Waals surface area contributed by atoms with Crippen LogP contribution in [0, 0.1) is 0 Å². The Bertz CT molecular complexity index is 384. The number of aliphatic hydroxyl groups excluding tert-OH is 1. The van der Waals surface area contributed by atoms with E-state index in [9.17, 15) is 5.11 Å². The maximum absolute atomic E-state index is 9.18. The second-order valence-electron chi connectivity index (χ2n) is 5.00. The molecule has 0 aromatic heterocycles. The topological polar surface area (TPSA) is 23.5 Å². The number of hydrogen-bond acceptors (Lipinski definition) is 2. The van der Waals surface area contributed by atoms with E-state index in [-0.39, 0.29) is 12.1 Å². The Morgan fingerprint density at radius 1 is 1.25 bits per heavy atom. The van der Waals surface area contributed by atoms with Gasteiger partial charge in [-0.3, -0.25) is 4.90 Å². The molecule has 0 bridgehead atoms. The molecular formula is C14H19NO. The van der Waals surface area contributed by atoms with Crippen molar-refractivity contribution >= 4 is 0 Å². The molecule has 0 saturated heterocycles. The van der Waals surface area contributed by atoms with Crippen LogP contribution >= 0.6 is 0 Å². The zero-order chi connectivity index (χ0) is 11.0. The number of fused-ring (bicyclic) bond motifs is 2. The van der Waals surface area contributed by atoms with Gasteiger partial charge in [0.25, 0.3) is 0 Å². The van der Waals surface area contributed by atoms with Gasteiger partial charge in [-0.05, 0) is 36.8 Å². The van der Waals surface area contributed by atoms with Crippen molar-refractivity contribution in [2.24, 2.45) is 0 Å². The third-order valence-electron chi connectivity index (χ3n) is 4.33. The van der Waals surface area contributed by atoms with Crippen molar-refractivity contribution in [3.63, 3.8) is 0 Å². The van der Waals surface area contributed by atoms with Crippen LogP contribution in [0.4, 0.5) is 0 Å². The van der Waals surface area contributed by atoms with E-state index in [1.54, 1.807) is 0 Å². The molecule has 1 N–H and O–H groups in total. The largest absolute Gasteiger partial charge is 0.395 e.